The van der Waals surface area contributed by atoms with E-state index in [2.05, 4.69) is 27.1 Å². The third-order valence-corrected chi connectivity index (χ3v) is 3.67. The summed E-state index contributed by atoms with van der Waals surface area (Å²) in [6.07, 6.45) is 4.11. The molecule has 0 saturated carbocycles. The molecule has 1 aromatic heterocycles. The molecule has 2 N–H and O–H groups in total. The molecule has 106 valence electrons. The number of rotatable bonds is 4. The summed E-state index contributed by atoms with van der Waals surface area (Å²) in [4.78, 5) is 10.8. The molecule has 0 spiro atoms. The Bertz CT molecular complexity index is 429. The lowest BCUT2D eigenvalue weighted by Gasteiger charge is -2.36. The molecule has 19 heavy (non-hydrogen) atoms. The summed E-state index contributed by atoms with van der Waals surface area (Å²) >= 11 is 6.18. The molecule has 0 unspecified atom stereocenters. The second-order valence-electron chi connectivity index (χ2n) is 5.28. The zero-order valence-electron chi connectivity index (χ0n) is 11.5. The Labute approximate surface area is 119 Å². The van der Waals surface area contributed by atoms with Gasteiger partial charge in [0, 0.05) is 19.6 Å². The van der Waals surface area contributed by atoms with Gasteiger partial charge >= 0.3 is 0 Å². The minimum atomic E-state index is -0.570. The highest BCUT2D eigenvalue weighted by Crippen LogP contribution is 2.29. The largest absolute Gasteiger partial charge is 0.390 e. The van der Waals surface area contributed by atoms with Crippen molar-refractivity contribution in [3.05, 3.63) is 11.2 Å². The number of anilines is 2. The van der Waals surface area contributed by atoms with Crippen molar-refractivity contribution < 1.29 is 5.11 Å². The molecule has 1 fully saturated rings. The molecule has 6 heteroatoms. The second kappa shape index (κ2) is 5.92. The van der Waals surface area contributed by atoms with Crippen LogP contribution in [0, 0.1) is 0 Å². The Morgan fingerprint density at radius 1 is 1.47 bits per heavy atom. The van der Waals surface area contributed by atoms with Crippen molar-refractivity contribution in [1.82, 2.24) is 9.97 Å². The normalized spacial score (nSPS) is 18.4. The van der Waals surface area contributed by atoms with Crippen LogP contribution in [0.4, 0.5) is 11.8 Å². The first-order valence-electron chi connectivity index (χ1n) is 6.75. The Morgan fingerprint density at radius 2 is 2.16 bits per heavy atom. The summed E-state index contributed by atoms with van der Waals surface area (Å²) in [5.74, 6) is 1.37. The van der Waals surface area contributed by atoms with Crippen LogP contribution < -0.4 is 10.2 Å². The van der Waals surface area contributed by atoms with E-state index in [0.29, 0.717) is 11.0 Å². The van der Waals surface area contributed by atoms with Gasteiger partial charge in [-0.1, -0.05) is 18.5 Å². The molecule has 0 aromatic carbocycles. The van der Waals surface area contributed by atoms with E-state index in [-0.39, 0.29) is 0 Å². The summed E-state index contributed by atoms with van der Waals surface area (Å²) in [5, 5.41) is 13.7. The molecule has 5 nitrogen and oxygen atoms in total. The van der Waals surface area contributed by atoms with Gasteiger partial charge in [0.05, 0.1) is 11.8 Å². The molecule has 0 radical (unpaired) electrons. The van der Waals surface area contributed by atoms with Crippen LogP contribution in [0.15, 0.2) is 6.20 Å². The average molecular weight is 285 g/mol. The van der Waals surface area contributed by atoms with Gasteiger partial charge in [0.2, 0.25) is 5.95 Å². The summed E-state index contributed by atoms with van der Waals surface area (Å²) in [7, 11) is 0. The minimum Gasteiger partial charge on any atom is -0.390 e. The van der Waals surface area contributed by atoms with E-state index in [4.69, 9.17) is 11.6 Å². The number of nitrogens with zero attached hydrogens (tertiary/aromatic N) is 3. The van der Waals surface area contributed by atoms with E-state index < -0.39 is 5.60 Å². The minimum absolute atomic E-state index is 0.559. The molecule has 2 heterocycles. The van der Waals surface area contributed by atoms with Gasteiger partial charge in [0.25, 0.3) is 0 Å². The van der Waals surface area contributed by atoms with Crippen LogP contribution in [0.2, 0.25) is 5.02 Å². The summed E-state index contributed by atoms with van der Waals surface area (Å²) in [5.41, 5.74) is -0.570. The molecule has 2 rings (SSSR count). The molecule has 0 bridgehead atoms. The van der Waals surface area contributed by atoms with E-state index in [9.17, 15) is 5.11 Å². The van der Waals surface area contributed by atoms with E-state index in [0.717, 1.165) is 44.7 Å². The maximum absolute atomic E-state index is 9.97. The predicted molar refractivity (Wildman–Crippen MR) is 77.9 cm³/mol. The van der Waals surface area contributed by atoms with Crippen LogP contribution in [0.1, 0.15) is 33.1 Å². The quantitative estimate of drug-likeness (QED) is 0.888. The van der Waals surface area contributed by atoms with Crippen molar-refractivity contribution in [2.45, 2.75) is 38.7 Å². The molecule has 0 amide bonds. The number of aromatic nitrogens is 2. The van der Waals surface area contributed by atoms with Gasteiger partial charge in [-0.15, -0.1) is 0 Å². The zero-order chi connectivity index (χ0) is 13.9. The van der Waals surface area contributed by atoms with Gasteiger partial charge in [0.15, 0.2) is 5.82 Å². The Hall–Kier alpha value is -1.07. The lowest BCUT2D eigenvalue weighted by Crippen LogP contribution is -2.43. The molecule has 0 aliphatic carbocycles. The first kappa shape index (κ1) is 14.3. The van der Waals surface area contributed by atoms with Crippen LogP contribution >= 0.6 is 11.6 Å². The molecular formula is C13H21ClN4O. The van der Waals surface area contributed by atoms with Gasteiger partial charge in [-0.05, 0) is 26.2 Å². The van der Waals surface area contributed by atoms with E-state index >= 15 is 0 Å². The zero-order valence-corrected chi connectivity index (χ0v) is 12.2. The lowest BCUT2D eigenvalue weighted by atomic mass is 9.94. The Balaban J connectivity index is 2.10. The maximum Gasteiger partial charge on any atom is 0.224 e. The van der Waals surface area contributed by atoms with Crippen LogP contribution in [-0.2, 0) is 0 Å². The van der Waals surface area contributed by atoms with Crippen LogP contribution in [-0.4, -0.2) is 40.3 Å². The topological polar surface area (TPSA) is 61.3 Å². The standard InChI is InChI=1S/C13H21ClN4O/c1-3-6-15-12-16-9-10(14)11(17-12)18-7-4-13(2,19)5-8-18/h9,19H,3-8H2,1-2H3,(H,15,16,17). The Morgan fingerprint density at radius 3 is 2.79 bits per heavy atom. The average Bonchev–Trinajstić information content (AvgIpc) is 2.38. The third-order valence-electron chi connectivity index (χ3n) is 3.40. The first-order chi connectivity index (χ1) is 9.02. The van der Waals surface area contributed by atoms with Gasteiger partial charge in [-0.25, -0.2) is 4.98 Å². The van der Waals surface area contributed by atoms with Crippen LogP contribution in [0.5, 0.6) is 0 Å². The first-order valence-corrected chi connectivity index (χ1v) is 7.13. The van der Waals surface area contributed by atoms with Crippen molar-refractivity contribution in [2.75, 3.05) is 29.9 Å². The summed E-state index contributed by atoms with van der Waals surface area (Å²) in [6, 6.07) is 0. The van der Waals surface area contributed by atoms with E-state index in [1.54, 1.807) is 6.20 Å². The molecular weight excluding hydrogens is 264 g/mol. The molecule has 1 aliphatic heterocycles. The van der Waals surface area contributed by atoms with Gasteiger partial charge < -0.3 is 15.3 Å². The van der Waals surface area contributed by atoms with Crippen molar-refractivity contribution in [2.24, 2.45) is 0 Å². The van der Waals surface area contributed by atoms with Gasteiger partial charge in [-0.3, -0.25) is 0 Å². The molecule has 1 aromatic rings. The van der Waals surface area contributed by atoms with Crippen molar-refractivity contribution in [1.29, 1.82) is 0 Å². The monoisotopic (exact) mass is 284 g/mol. The highest BCUT2D eigenvalue weighted by atomic mass is 35.5. The SMILES string of the molecule is CCCNc1ncc(Cl)c(N2CCC(C)(O)CC2)n1. The second-order valence-corrected chi connectivity index (χ2v) is 5.68. The fraction of sp³-hybridized carbons (Fsp3) is 0.692. The molecule has 1 aliphatic rings. The summed E-state index contributed by atoms with van der Waals surface area (Å²) in [6.45, 7) is 6.33. The fourth-order valence-electron chi connectivity index (χ4n) is 2.10. The van der Waals surface area contributed by atoms with Crippen molar-refractivity contribution in [3.8, 4) is 0 Å². The van der Waals surface area contributed by atoms with Crippen LogP contribution in [0.3, 0.4) is 0 Å². The Kier molecular flexibility index (Phi) is 4.47. The number of aliphatic hydroxyl groups is 1. The van der Waals surface area contributed by atoms with Gasteiger partial charge in [-0.2, -0.15) is 4.98 Å². The number of hydrogen-bond donors (Lipinski definition) is 2. The smallest absolute Gasteiger partial charge is 0.224 e. The lowest BCUT2D eigenvalue weighted by molar-refractivity contribution is 0.0350. The highest BCUT2D eigenvalue weighted by Gasteiger charge is 2.28. The van der Waals surface area contributed by atoms with E-state index in [1.807, 2.05) is 6.92 Å². The number of halogens is 1. The fourth-order valence-corrected chi connectivity index (χ4v) is 2.31. The number of piperidine rings is 1. The molecule has 1 saturated heterocycles. The van der Waals surface area contributed by atoms with Gasteiger partial charge in [0.1, 0.15) is 5.02 Å². The third kappa shape index (κ3) is 3.70. The maximum atomic E-state index is 9.97. The highest BCUT2D eigenvalue weighted by molar-refractivity contribution is 6.32. The van der Waals surface area contributed by atoms with Crippen molar-refractivity contribution in [3.63, 3.8) is 0 Å². The van der Waals surface area contributed by atoms with Crippen LogP contribution in [0.25, 0.3) is 0 Å². The molecule has 0 atom stereocenters. The van der Waals surface area contributed by atoms with Crippen molar-refractivity contribution >= 4 is 23.4 Å². The van der Waals surface area contributed by atoms with E-state index in [1.165, 1.54) is 0 Å². The predicted octanol–water partition coefficient (Wildman–Crippen LogP) is 2.30. The summed E-state index contributed by atoms with van der Waals surface area (Å²) < 4.78 is 0. The number of hydrogen-bond acceptors (Lipinski definition) is 5. The number of nitrogens with one attached hydrogen (secondary N) is 1.